The van der Waals surface area contributed by atoms with Crippen molar-refractivity contribution in [2.24, 2.45) is 5.92 Å². The van der Waals surface area contributed by atoms with Gasteiger partial charge in [-0.15, -0.1) is 0 Å². The Morgan fingerprint density at radius 2 is 1.87 bits per heavy atom. The molecule has 3 atom stereocenters. The molecule has 7 heteroatoms. The smallest absolute Gasteiger partial charge is 0.322 e. The van der Waals surface area contributed by atoms with Crippen LogP contribution in [0.25, 0.3) is 0 Å². The Kier molecular flexibility index (Phi) is 4.57. The Balaban J connectivity index is 1.25. The van der Waals surface area contributed by atoms with Gasteiger partial charge in [-0.1, -0.05) is 32.0 Å². The lowest BCUT2D eigenvalue weighted by Crippen LogP contribution is -2.55. The van der Waals surface area contributed by atoms with E-state index in [9.17, 15) is 14.4 Å². The Labute approximate surface area is 183 Å². The molecule has 5 rings (SSSR count). The third-order valence-corrected chi connectivity index (χ3v) is 8.26. The van der Waals surface area contributed by atoms with Gasteiger partial charge in [0.15, 0.2) is 0 Å². The predicted octanol–water partition coefficient (Wildman–Crippen LogP) is 3.31. The van der Waals surface area contributed by atoms with Crippen molar-refractivity contribution in [2.75, 3.05) is 13.1 Å². The Hall–Kier alpha value is -2.57. The highest BCUT2D eigenvalue weighted by molar-refractivity contribution is 6.07. The highest BCUT2D eigenvalue weighted by Crippen LogP contribution is 2.52. The van der Waals surface area contributed by atoms with Crippen LogP contribution in [0.5, 0.6) is 0 Å². The van der Waals surface area contributed by atoms with Crippen LogP contribution in [0.2, 0.25) is 0 Å². The monoisotopic (exact) mass is 424 g/mol. The first-order valence-electron chi connectivity index (χ1n) is 11.5. The number of nitrogens with one attached hydrogen (secondary N) is 3. The first-order valence-corrected chi connectivity index (χ1v) is 11.5. The van der Waals surface area contributed by atoms with E-state index >= 15 is 0 Å². The lowest BCUT2D eigenvalue weighted by Gasteiger charge is -2.38. The van der Waals surface area contributed by atoms with Gasteiger partial charge in [0.1, 0.15) is 5.54 Å². The van der Waals surface area contributed by atoms with E-state index in [-0.39, 0.29) is 29.3 Å². The average Bonchev–Trinajstić information content (AvgIpc) is 3.22. The standard InChI is InChI=1S/C24H32N4O3/c1-23(2)10-7-14-13-18(16-5-4-6-17(23)19(14)16)25-22(31)28-11-8-15(9-12-28)24(3)20(29)26-21(30)27-24/h4-6,14-15,18H,7-13H2,1-3H3,(H,25,31)(H2,26,27,29,30). The van der Waals surface area contributed by atoms with Gasteiger partial charge in [-0.25, -0.2) is 9.59 Å². The molecule has 1 aromatic carbocycles. The summed E-state index contributed by atoms with van der Waals surface area (Å²) in [5, 5.41) is 8.41. The van der Waals surface area contributed by atoms with Gasteiger partial charge in [-0.05, 0) is 73.0 Å². The fourth-order valence-corrected chi connectivity index (χ4v) is 6.28. The molecule has 1 aromatic rings. The minimum atomic E-state index is -0.879. The number of benzene rings is 1. The van der Waals surface area contributed by atoms with Crippen molar-refractivity contribution >= 4 is 18.0 Å². The molecule has 4 aliphatic rings. The van der Waals surface area contributed by atoms with Crippen LogP contribution in [0.4, 0.5) is 9.59 Å². The molecule has 0 bridgehead atoms. The zero-order valence-electron chi connectivity index (χ0n) is 18.6. The number of carbonyl (C=O) groups is 3. The number of urea groups is 2. The van der Waals surface area contributed by atoms with Crippen LogP contribution in [-0.4, -0.2) is 41.5 Å². The summed E-state index contributed by atoms with van der Waals surface area (Å²) in [6, 6.07) is 6.19. The number of imide groups is 1. The molecule has 2 saturated heterocycles. The number of likely N-dealkylation sites (tertiary alicyclic amines) is 1. The highest BCUT2D eigenvalue weighted by Gasteiger charge is 2.49. The maximum Gasteiger partial charge on any atom is 0.322 e. The Bertz CT molecular complexity index is 950. The zero-order valence-corrected chi connectivity index (χ0v) is 18.6. The lowest BCUT2D eigenvalue weighted by molar-refractivity contribution is -0.125. The zero-order chi connectivity index (χ0) is 22.0. The van der Waals surface area contributed by atoms with Crippen LogP contribution in [-0.2, 0) is 10.2 Å². The first kappa shape index (κ1) is 20.3. The molecule has 0 radical (unpaired) electrons. The molecular formula is C24H32N4O3. The van der Waals surface area contributed by atoms with E-state index in [4.69, 9.17) is 0 Å². The van der Waals surface area contributed by atoms with Gasteiger partial charge in [0.2, 0.25) is 0 Å². The van der Waals surface area contributed by atoms with Crippen LogP contribution in [0.15, 0.2) is 18.2 Å². The molecule has 0 spiro atoms. The van der Waals surface area contributed by atoms with Gasteiger partial charge in [0, 0.05) is 13.1 Å². The van der Waals surface area contributed by atoms with Gasteiger partial charge < -0.3 is 15.5 Å². The molecule has 0 aromatic heterocycles. The minimum Gasteiger partial charge on any atom is -0.331 e. The van der Waals surface area contributed by atoms with Crippen LogP contribution < -0.4 is 16.0 Å². The van der Waals surface area contributed by atoms with Crippen LogP contribution in [0, 0.1) is 5.92 Å². The van der Waals surface area contributed by atoms with Gasteiger partial charge in [-0.3, -0.25) is 10.1 Å². The number of nitrogens with zero attached hydrogens (tertiary/aromatic N) is 1. The summed E-state index contributed by atoms with van der Waals surface area (Å²) in [6.07, 6.45) is 4.74. The van der Waals surface area contributed by atoms with Crippen LogP contribution >= 0.6 is 0 Å². The SMILES string of the molecule is CC1(C)CCC2CC(NC(=O)N3CCC(C4(C)NC(=O)NC4=O)CC3)c3cccc1c32. The minimum absolute atomic E-state index is 0.0241. The Morgan fingerprint density at radius 1 is 1.13 bits per heavy atom. The number of carbonyl (C=O) groups excluding carboxylic acids is 3. The fraction of sp³-hybridized carbons (Fsp3) is 0.625. The van der Waals surface area contributed by atoms with E-state index in [0.29, 0.717) is 31.8 Å². The first-order chi connectivity index (χ1) is 14.7. The van der Waals surface area contributed by atoms with E-state index in [1.54, 1.807) is 6.92 Å². The van der Waals surface area contributed by atoms with Crippen molar-refractivity contribution in [3.8, 4) is 0 Å². The van der Waals surface area contributed by atoms with E-state index in [0.717, 1.165) is 6.42 Å². The summed E-state index contributed by atoms with van der Waals surface area (Å²) in [4.78, 5) is 38.7. The summed E-state index contributed by atoms with van der Waals surface area (Å²) < 4.78 is 0. The number of hydrogen-bond acceptors (Lipinski definition) is 3. The second-order valence-corrected chi connectivity index (χ2v) is 10.5. The van der Waals surface area contributed by atoms with E-state index in [1.807, 2.05) is 4.90 Å². The lowest BCUT2D eigenvalue weighted by atomic mass is 9.69. The van der Waals surface area contributed by atoms with Gasteiger partial charge >= 0.3 is 12.1 Å². The topological polar surface area (TPSA) is 90.5 Å². The molecule has 2 heterocycles. The van der Waals surface area contributed by atoms with E-state index in [1.165, 1.54) is 29.5 Å². The molecule has 2 fully saturated rings. The van der Waals surface area contributed by atoms with E-state index < -0.39 is 11.6 Å². The van der Waals surface area contributed by atoms with Crippen molar-refractivity contribution in [3.05, 3.63) is 34.9 Å². The summed E-state index contributed by atoms with van der Waals surface area (Å²) >= 11 is 0. The van der Waals surface area contributed by atoms with Crippen molar-refractivity contribution in [1.29, 1.82) is 0 Å². The predicted molar refractivity (Wildman–Crippen MR) is 117 cm³/mol. The second kappa shape index (κ2) is 6.97. The van der Waals surface area contributed by atoms with Crippen LogP contribution in [0.1, 0.15) is 81.5 Å². The van der Waals surface area contributed by atoms with Crippen molar-refractivity contribution in [2.45, 2.75) is 75.8 Å². The summed E-state index contributed by atoms with van der Waals surface area (Å²) in [5.74, 6) is 0.302. The highest BCUT2D eigenvalue weighted by atomic mass is 16.2. The molecule has 3 N–H and O–H groups in total. The van der Waals surface area contributed by atoms with Crippen molar-refractivity contribution in [3.63, 3.8) is 0 Å². The van der Waals surface area contributed by atoms with Gasteiger partial charge in [0.05, 0.1) is 6.04 Å². The summed E-state index contributed by atoms with van der Waals surface area (Å²) in [5.41, 5.74) is 3.52. The molecule has 31 heavy (non-hydrogen) atoms. The third-order valence-electron chi connectivity index (χ3n) is 8.26. The summed E-state index contributed by atoms with van der Waals surface area (Å²) in [7, 11) is 0. The van der Waals surface area contributed by atoms with Gasteiger partial charge in [0.25, 0.3) is 5.91 Å². The molecule has 0 saturated carbocycles. The van der Waals surface area contributed by atoms with Crippen molar-refractivity contribution in [1.82, 2.24) is 20.9 Å². The molecule has 2 aliphatic heterocycles. The normalized spacial score (nSPS) is 31.8. The molecule has 2 aliphatic carbocycles. The van der Waals surface area contributed by atoms with E-state index in [2.05, 4.69) is 48.0 Å². The molecule has 5 amide bonds. The number of piperidine rings is 1. The second-order valence-electron chi connectivity index (χ2n) is 10.5. The van der Waals surface area contributed by atoms with Gasteiger partial charge in [-0.2, -0.15) is 0 Å². The molecule has 166 valence electrons. The molecule has 3 unspecified atom stereocenters. The maximum atomic E-state index is 13.1. The average molecular weight is 425 g/mol. The number of rotatable bonds is 2. The largest absolute Gasteiger partial charge is 0.331 e. The van der Waals surface area contributed by atoms with Crippen molar-refractivity contribution < 1.29 is 14.4 Å². The maximum absolute atomic E-state index is 13.1. The Morgan fingerprint density at radius 3 is 2.55 bits per heavy atom. The number of amides is 5. The molecular weight excluding hydrogens is 392 g/mol. The fourth-order valence-electron chi connectivity index (χ4n) is 6.28. The number of hydrogen-bond donors (Lipinski definition) is 3. The molecule has 7 nitrogen and oxygen atoms in total. The quantitative estimate of drug-likeness (QED) is 0.636. The third kappa shape index (κ3) is 3.20. The van der Waals surface area contributed by atoms with Crippen LogP contribution in [0.3, 0.4) is 0 Å². The summed E-state index contributed by atoms with van der Waals surface area (Å²) in [6.45, 7) is 7.60.